The molecule has 3 aromatic rings. The van der Waals surface area contributed by atoms with Crippen LogP contribution < -0.4 is 9.47 Å². The van der Waals surface area contributed by atoms with E-state index in [9.17, 15) is 10.1 Å². The maximum absolute atomic E-state index is 11.0. The van der Waals surface area contributed by atoms with Gasteiger partial charge in [0.15, 0.2) is 0 Å². The first kappa shape index (κ1) is 19.2. The average molecular weight is 375 g/mol. The number of allylic oxidation sites excluding steroid dienone is 1. The van der Waals surface area contributed by atoms with Gasteiger partial charge in [-0.1, -0.05) is 60.7 Å². The fraction of sp³-hybridized carbons (Fsp3) is 0.130. The minimum atomic E-state index is -0.415. The Hall–Kier alpha value is -3.60. The van der Waals surface area contributed by atoms with E-state index in [-0.39, 0.29) is 5.70 Å². The molecule has 0 unspecified atom stereocenters. The maximum atomic E-state index is 11.0. The molecule has 142 valence electrons. The van der Waals surface area contributed by atoms with Gasteiger partial charge in [-0.15, -0.1) is 0 Å². The zero-order valence-corrected chi connectivity index (χ0v) is 15.6. The first-order valence-electron chi connectivity index (χ1n) is 8.91. The van der Waals surface area contributed by atoms with Gasteiger partial charge in [0, 0.05) is 19.1 Å². The first-order valence-corrected chi connectivity index (χ1v) is 8.91. The van der Waals surface area contributed by atoms with E-state index in [2.05, 4.69) is 0 Å². The molecule has 0 atom stereocenters. The minimum absolute atomic E-state index is 0.0502. The third kappa shape index (κ3) is 5.71. The van der Waals surface area contributed by atoms with Crippen LogP contribution in [0.2, 0.25) is 0 Å². The molecule has 5 nitrogen and oxygen atoms in total. The Labute approximate surface area is 164 Å². The molecule has 0 aliphatic rings. The Bertz CT molecular complexity index is 891. The second kappa shape index (κ2) is 9.37. The summed E-state index contributed by atoms with van der Waals surface area (Å²) in [5, 5.41) is 11.0. The van der Waals surface area contributed by atoms with E-state index in [0.29, 0.717) is 30.3 Å². The van der Waals surface area contributed by atoms with Crippen molar-refractivity contribution in [3.8, 4) is 11.5 Å². The molecular weight excluding hydrogens is 354 g/mol. The van der Waals surface area contributed by atoms with Gasteiger partial charge in [-0.05, 0) is 28.8 Å². The fourth-order valence-corrected chi connectivity index (χ4v) is 2.62. The summed E-state index contributed by atoms with van der Waals surface area (Å²) in [5.74, 6) is 1.19. The van der Waals surface area contributed by atoms with Crippen molar-refractivity contribution >= 4 is 6.08 Å². The van der Waals surface area contributed by atoms with Gasteiger partial charge in [0.25, 0.3) is 0 Å². The Balaban J connectivity index is 1.80. The van der Waals surface area contributed by atoms with Crippen molar-refractivity contribution in [1.29, 1.82) is 0 Å². The summed E-state index contributed by atoms with van der Waals surface area (Å²) in [7, 11) is 0. The summed E-state index contributed by atoms with van der Waals surface area (Å²) in [6, 6.07) is 25.0. The maximum Gasteiger partial charge on any atom is 0.243 e. The second-order valence-electron chi connectivity index (χ2n) is 6.33. The van der Waals surface area contributed by atoms with Crippen molar-refractivity contribution < 1.29 is 14.4 Å². The molecule has 3 aromatic carbocycles. The van der Waals surface area contributed by atoms with Crippen molar-refractivity contribution in [2.24, 2.45) is 0 Å². The average Bonchev–Trinajstić information content (AvgIpc) is 2.72. The number of nitrogens with zero attached hydrogens (tertiary/aromatic N) is 1. The molecule has 0 aliphatic carbocycles. The number of hydrogen-bond donors (Lipinski definition) is 0. The fourth-order valence-electron chi connectivity index (χ4n) is 2.62. The lowest BCUT2D eigenvalue weighted by atomic mass is 10.1. The van der Waals surface area contributed by atoms with Crippen LogP contribution in [0.15, 0.2) is 84.6 Å². The largest absolute Gasteiger partial charge is 0.489 e. The lowest BCUT2D eigenvalue weighted by Gasteiger charge is -2.11. The van der Waals surface area contributed by atoms with Crippen LogP contribution in [0.1, 0.15) is 23.6 Å². The van der Waals surface area contributed by atoms with Gasteiger partial charge in [-0.25, -0.2) is 0 Å². The number of hydrogen-bond acceptors (Lipinski definition) is 4. The van der Waals surface area contributed by atoms with E-state index in [1.807, 2.05) is 60.7 Å². The van der Waals surface area contributed by atoms with Crippen LogP contribution in [0.4, 0.5) is 0 Å². The van der Waals surface area contributed by atoms with Crippen LogP contribution in [0.5, 0.6) is 11.5 Å². The summed E-state index contributed by atoms with van der Waals surface area (Å²) >= 11 is 0. The molecule has 0 N–H and O–H groups in total. The summed E-state index contributed by atoms with van der Waals surface area (Å²) in [4.78, 5) is 10.6. The number of benzene rings is 3. The standard InChI is InChI=1S/C23H21NO4/c1-18(24(25)26)12-21-13-22(27-16-19-8-4-2-5-9-19)15-23(14-21)28-17-20-10-6-3-7-11-20/h2-15H,16-17H2,1H3/b18-12+. The molecule has 0 amide bonds. The molecule has 0 spiro atoms. The molecule has 3 rings (SSSR count). The molecule has 0 saturated heterocycles. The molecule has 0 radical (unpaired) electrons. The molecule has 0 heterocycles. The molecule has 28 heavy (non-hydrogen) atoms. The zero-order chi connectivity index (χ0) is 19.8. The summed E-state index contributed by atoms with van der Waals surface area (Å²) < 4.78 is 11.8. The molecular formula is C23H21NO4. The van der Waals surface area contributed by atoms with Gasteiger partial charge in [0.1, 0.15) is 24.7 Å². The van der Waals surface area contributed by atoms with Crippen LogP contribution >= 0.6 is 0 Å². The number of ether oxygens (including phenoxy) is 2. The van der Waals surface area contributed by atoms with Gasteiger partial charge >= 0.3 is 0 Å². The van der Waals surface area contributed by atoms with E-state index in [0.717, 1.165) is 11.1 Å². The molecule has 0 saturated carbocycles. The van der Waals surface area contributed by atoms with Gasteiger partial charge in [0.2, 0.25) is 5.70 Å². The summed E-state index contributed by atoms with van der Waals surface area (Å²) in [5.41, 5.74) is 2.78. The van der Waals surface area contributed by atoms with Gasteiger partial charge in [0.05, 0.1) is 4.92 Å². The molecule has 0 fully saturated rings. The Morgan fingerprint density at radius 2 is 1.32 bits per heavy atom. The summed E-state index contributed by atoms with van der Waals surface area (Å²) in [6.07, 6.45) is 1.50. The van der Waals surface area contributed by atoms with Crippen molar-refractivity contribution in [2.45, 2.75) is 20.1 Å². The van der Waals surface area contributed by atoms with Gasteiger partial charge in [-0.3, -0.25) is 10.1 Å². The third-order valence-corrected chi connectivity index (χ3v) is 4.06. The van der Waals surface area contributed by atoms with Gasteiger partial charge < -0.3 is 9.47 Å². The predicted octanol–water partition coefficient (Wildman–Crippen LogP) is 5.48. The Kier molecular flexibility index (Phi) is 6.41. The predicted molar refractivity (Wildman–Crippen MR) is 109 cm³/mol. The summed E-state index contributed by atoms with van der Waals surface area (Å²) in [6.45, 7) is 2.27. The molecule has 0 aliphatic heterocycles. The SMILES string of the molecule is C/C(=C\c1cc(OCc2ccccc2)cc(OCc2ccccc2)c1)[N+](=O)[O-]. The van der Waals surface area contributed by atoms with Crippen LogP contribution in [0.25, 0.3) is 6.08 Å². The van der Waals surface area contributed by atoms with Crippen LogP contribution in [0.3, 0.4) is 0 Å². The monoisotopic (exact) mass is 375 g/mol. The topological polar surface area (TPSA) is 61.6 Å². The highest BCUT2D eigenvalue weighted by Crippen LogP contribution is 2.26. The first-order chi connectivity index (χ1) is 13.6. The van der Waals surface area contributed by atoms with Gasteiger partial charge in [-0.2, -0.15) is 0 Å². The minimum Gasteiger partial charge on any atom is -0.489 e. The van der Waals surface area contributed by atoms with E-state index < -0.39 is 4.92 Å². The molecule has 0 bridgehead atoms. The van der Waals surface area contributed by atoms with E-state index in [1.54, 1.807) is 18.2 Å². The Morgan fingerprint density at radius 3 is 1.75 bits per heavy atom. The Morgan fingerprint density at radius 1 is 0.857 bits per heavy atom. The van der Waals surface area contributed by atoms with Crippen molar-refractivity contribution in [3.05, 3.63) is 111 Å². The molecule has 0 aromatic heterocycles. The highest BCUT2D eigenvalue weighted by molar-refractivity contribution is 5.56. The normalized spacial score (nSPS) is 11.1. The lowest BCUT2D eigenvalue weighted by Crippen LogP contribution is -1.99. The van der Waals surface area contributed by atoms with E-state index >= 15 is 0 Å². The second-order valence-corrected chi connectivity index (χ2v) is 6.33. The smallest absolute Gasteiger partial charge is 0.243 e. The molecule has 5 heteroatoms. The lowest BCUT2D eigenvalue weighted by molar-refractivity contribution is -0.422. The quantitative estimate of drug-likeness (QED) is 0.386. The zero-order valence-electron chi connectivity index (χ0n) is 15.6. The van der Waals surface area contributed by atoms with Crippen LogP contribution in [0, 0.1) is 10.1 Å². The van der Waals surface area contributed by atoms with Crippen molar-refractivity contribution in [3.63, 3.8) is 0 Å². The van der Waals surface area contributed by atoms with Crippen molar-refractivity contribution in [1.82, 2.24) is 0 Å². The third-order valence-electron chi connectivity index (χ3n) is 4.06. The van der Waals surface area contributed by atoms with E-state index in [1.165, 1.54) is 13.0 Å². The highest BCUT2D eigenvalue weighted by Gasteiger charge is 2.07. The van der Waals surface area contributed by atoms with Crippen molar-refractivity contribution in [2.75, 3.05) is 0 Å². The number of nitro groups is 1. The highest BCUT2D eigenvalue weighted by atomic mass is 16.6. The van der Waals surface area contributed by atoms with Crippen LogP contribution in [-0.4, -0.2) is 4.92 Å². The van der Waals surface area contributed by atoms with E-state index in [4.69, 9.17) is 9.47 Å². The number of rotatable bonds is 8. The van der Waals surface area contributed by atoms with Crippen LogP contribution in [-0.2, 0) is 13.2 Å².